The molecule has 7 rings (SSSR count). The van der Waals surface area contributed by atoms with Crippen LogP contribution in [0, 0.1) is 0 Å². The fraction of sp³-hybridized carbons (Fsp3) is 0.146. The Morgan fingerprint density at radius 2 is 1.67 bits per heavy atom. The van der Waals surface area contributed by atoms with Crippen LogP contribution in [0.2, 0.25) is 5.02 Å². The summed E-state index contributed by atoms with van der Waals surface area (Å²) in [4.78, 5) is 34.1. The van der Waals surface area contributed by atoms with Crippen LogP contribution in [0.15, 0.2) is 125 Å². The first-order valence-corrected chi connectivity index (χ1v) is 17.5. The summed E-state index contributed by atoms with van der Waals surface area (Å²) in [5, 5.41) is 2.56. The number of nitrogens with zero attached hydrogens (tertiary/aromatic N) is 2. The zero-order valence-corrected chi connectivity index (χ0v) is 29.7. The standard InChI is InChI=1S/C41H33ClN2O6S/c1-4-49-40(46)36-37(27-11-6-5-7-12-27)43-41-44(38(36)31-20-19-29(47-2)22-34(31)48-3)39(45)35(51-41)23-32-30-13-9-8-10-26(30)16-21-33(32)50-24-25-14-17-28(42)18-15-25/h5-23,38H,4,24H2,1-3H3/b35-23-/t38-/m0/s1. The van der Waals surface area contributed by atoms with Crippen LogP contribution in [0.4, 0.5) is 0 Å². The summed E-state index contributed by atoms with van der Waals surface area (Å²) in [6.45, 7) is 2.19. The second-order valence-corrected chi connectivity index (χ2v) is 13.1. The van der Waals surface area contributed by atoms with E-state index in [1.165, 1.54) is 11.3 Å². The molecule has 1 aromatic heterocycles. The highest BCUT2D eigenvalue weighted by molar-refractivity contribution is 7.07. The lowest BCUT2D eigenvalue weighted by Gasteiger charge is -2.27. The molecule has 0 N–H and O–H groups in total. The molecule has 10 heteroatoms. The first kappa shape index (κ1) is 33.8. The van der Waals surface area contributed by atoms with Crippen molar-refractivity contribution in [3.63, 3.8) is 0 Å². The van der Waals surface area contributed by atoms with Gasteiger partial charge in [0.25, 0.3) is 5.56 Å². The van der Waals surface area contributed by atoms with Crippen LogP contribution in [-0.4, -0.2) is 31.4 Å². The maximum absolute atomic E-state index is 14.7. The van der Waals surface area contributed by atoms with Gasteiger partial charge in [0.2, 0.25) is 0 Å². The molecule has 0 radical (unpaired) electrons. The molecule has 51 heavy (non-hydrogen) atoms. The number of methoxy groups -OCH3 is 2. The van der Waals surface area contributed by atoms with E-state index in [9.17, 15) is 9.59 Å². The van der Waals surface area contributed by atoms with Crippen molar-refractivity contribution < 1.29 is 23.7 Å². The van der Waals surface area contributed by atoms with E-state index in [0.29, 0.717) is 55.0 Å². The number of carbonyl (C=O) groups is 1. The fourth-order valence-electron chi connectivity index (χ4n) is 6.20. The summed E-state index contributed by atoms with van der Waals surface area (Å²) in [6, 6.07) is 33.2. The normalized spacial score (nSPS) is 14.2. The molecule has 0 spiro atoms. The predicted octanol–water partition coefficient (Wildman–Crippen LogP) is 7.34. The molecule has 1 atom stereocenters. The molecule has 2 heterocycles. The van der Waals surface area contributed by atoms with Crippen LogP contribution in [0.1, 0.15) is 35.2 Å². The fourth-order valence-corrected chi connectivity index (χ4v) is 7.31. The third-order valence-corrected chi connectivity index (χ3v) is 9.86. The average Bonchev–Trinajstić information content (AvgIpc) is 3.48. The van der Waals surface area contributed by atoms with Gasteiger partial charge in [-0.05, 0) is 59.7 Å². The SMILES string of the molecule is CCOC(=O)C1=C(c2ccccc2)N=c2s/c(=C\c3c(OCc4ccc(Cl)cc4)ccc4ccccc34)c(=O)n2[C@H]1c1ccc(OC)cc1OC. The van der Waals surface area contributed by atoms with Gasteiger partial charge in [-0.25, -0.2) is 9.79 Å². The number of aromatic nitrogens is 1. The van der Waals surface area contributed by atoms with Crippen LogP contribution in [0.5, 0.6) is 17.2 Å². The molecule has 0 aliphatic carbocycles. The molecule has 0 bridgehead atoms. The Labute approximate surface area is 303 Å². The molecular formula is C41H33ClN2O6S. The smallest absolute Gasteiger partial charge is 0.338 e. The first-order valence-electron chi connectivity index (χ1n) is 16.3. The highest BCUT2D eigenvalue weighted by Crippen LogP contribution is 2.40. The number of ether oxygens (including phenoxy) is 4. The van der Waals surface area contributed by atoms with Gasteiger partial charge < -0.3 is 18.9 Å². The largest absolute Gasteiger partial charge is 0.497 e. The summed E-state index contributed by atoms with van der Waals surface area (Å²) >= 11 is 7.35. The molecule has 8 nitrogen and oxygen atoms in total. The van der Waals surface area contributed by atoms with Gasteiger partial charge in [0.1, 0.15) is 29.9 Å². The Hall–Kier alpha value is -5.64. The number of esters is 1. The monoisotopic (exact) mass is 716 g/mol. The van der Waals surface area contributed by atoms with Crippen molar-refractivity contribution >= 4 is 51.5 Å². The second kappa shape index (κ2) is 14.7. The summed E-state index contributed by atoms with van der Waals surface area (Å²) in [7, 11) is 3.11. The zero-order chi connectivity index (χ0) is 35.5. The molecule has 0 saturated heterocycles. The van der Waals surface area contributed by atoms with Crippen molar-refractivity contribution in [3.8, 4) is 17.2 Å². The lowest BCUT2D eigenvalue weighted by molar-refractivity contribution is -0.138. The van der Waals surface area contributed by atoms with Crippen molar-refractivity contribution in [2.45, 2.75) is 19.6 Å². The third-order valence-electron chi connectivity index (χ3n) is 8.62. The molecule has 256 valence electrons. The quantitative estimate of drug-likeness (QED) is 0.138. The summed E-state index contributed by atoms with van der Waals surface area (Å²) in [5.41, 5.74) is 3.30. The number of thiazole rings is 1. The third kappa shape index (κ3) is 6.66. The summed E-state index contributed by atoms with van der Waals surface area (Å²) in [6.07, 6.45) is 1.85. The van der Waals surface area contributed by atoms with E-state index in [-0.39, 0.29) is 17.7 Å². The van der Waals surface area contributed by atoms with Gasteiger partial charge in [0.05, 0.1) is 36.6 Å². The van der Waals surface area contributed by atoms with E-state index >= 15 is 0 Å². The maximum Gasteiger partial charge on any atom is 0.338 e. The Morgan fingerprint density at radius 3 is 2.41 bits per heavy atom. The Bertz CT molecular complexity index is 2470. The van der Waals surface area contributed by atoms with E-state index in [0.717, 1.165) is 21.9 Å². The van der Waals surface area contributed by atoms with Crippen LogP contribution in [0.25, 0.3) is 22.5 Å². The van der Waals surface area contributed by atoms with Gasteiger partial charge in [0.15, 0.2) is 4.80 Å². The van der Waals surface area contributed by atoms with E-state index in [2.05, 4.69) is 0 Å². The van der Waals surface area contributed by atoms with Crippen molar-refractivity contribution in [1.82, 2.24) is 4.57 Å². The Morgan fingerprint density at radius 1 is 0.902 bits per heavy atom. The number of rotatable bonds is 10. The number of carbonyl (C=O) groups excluding carboxylic acids is 1. The van der Waals surface area contributed by atoms with Crippen molar-refractivity contribution in [2.24, 2.45) is 4.99 Å². The highest BCUT2D eigenvalue weighted by atomic mass is 35.5. The summed E-state index contributed by atoms with van der Waals surface area (Å²) < 4.78 is 25.3. The second-order valence-electron chi connectivity index (χ2n) is 11.7. The van der Waals surface area contributed by atoms with Crippen molar-refractivity contribution in [3.05, 3.63) is 162 Å². The zero-order valence-electron chi connectivity index (χ0n) is 28.1. The van der Waals surface area contributed by atoms with Gasteiger partial charge in [-0.1, -0.05) is 95.7 Å². The average molecular weight is 717 g/mol. The number of fused-ring (bicyclic) bond motifs is 2. The lowest BCUT2D eigenvalue weighted by atomic mass is 9.92. The lowest BCUT2D eigenvalue weighted by Crippen LogP contribution is -2.40. The first-order chi connectivity index (χ1) is 24.9. The minimum Gasteiger partial charge on any atom is -0.497 e. The summed E-state index contributed by atoms with van der Waals surface area (Å²) in [5.74, 6) is 1.04. The number of hydrogen-bond donors (Lipinski definition) is 0. The van der Waals surface area contributed by atoms with Gasteiger partial charge in [0, 0.05) is 27.8 Å². The molecule has 0 fully saturated rings. The maximum atomic E-state index is 14.7. The van der Waals surface area contributed by atoms with E-state index in [4.69, 9.17) is 35.5 Å². The predicted molar refractivity (Wildman–Crippen MR) is 200 cm³/mol. The Balaban J connectivity index is 1.48. The van der Waals surface area contributed by atoms with Crippen LogP contribution in [-0.2, 0) is 16.1 Å². The van der Waals surface area contributed by atoms with Crippen molar-refractivity contribution in [1.29, 1.82) is 0 Å². The minimum absolute atomic E-state index is 0.140. The van der Waals surface area contributed by atoms with Crippen LogP contribution in [0.3, 0.4) is 0 Å². The van der Waals surface area contributed by atoms with Gasteiger partial charge >= 0.3 is 5.97 Å². The van der Waals surface area contributed by atoms with E-state index in [1.807, 2.05) is 97.1 Å². The molecule has 1 aliphatic heterocycles. The van der Waals surface area contributed by atoms with Crippen LogP contribution >= 0.6 is 22.9 Å². The van der Waals surface area contributed by atoms with E-state index < -0.39 is 12.0 Å². The molecule has 6 aromatic rings. The molecule has 1 aliphatic rings. The molecular weight excluding hydrogens is 684 g/mol. The number of hydrogen-bond acceptors (Lipinski definition) is 8. The number of halogens is 1. The van der Waals surface area contributed by atoms with Crippen LogP contribution < -0.4 is 29.1 Å². The Kier molecular flexibility index (Phi) is 9.74. The molecule has 5 aromatic carbocycles. The topological polar surface area (TPSA) is 88.4 Å². The van der Waals surface area contributed by atoms with Crippen molar-refractivity contribution in [2.75, 3.05) is 20.8 Å². The van der Waals surface area contributed by atoms with Gasteiger partial charge in [-0.2, -0.15) is 0 Å². The highest BCUT2D eigenvalue weighted by Gasteiger charge is 2.37. The minimum atomic E-state index is -0.924. The van der Waals surface area contributed by atoms with Gasteiger partial charge in [-0.3, -0.25) is 9.36 Å². The molecule has 0 saturated carbocycles. The molecule has 0 amide bonds. The van der Waals surface area contributed by atoms with Gasteiger partial charge in [-0.15, -0.1) is 0 Å². The number of benzene rings is 5. The molecule has 0 unspecified atom stereocenters. The van der Waals surface area contributed by atoms with E-state index in [1.54, 1.807) is 43.9 Å².